The molecule has 0 spiro atoms. The molecule has 1 aromatic rings. The molecule has 0 nitrogen and oxygen atoms in total. The Labute approximate surface area is 72.1 Å². The van der Waals surface area contributed by atoms with Crippen molar-refractivity contribution < 1.29 is 0 Å². The molecule has 0 atom stereocenters. The molecule has 0 fully saturated rings. The second kappa shape index (κ2) is 3.82. The molecule has 0 amide bonds. The first-order valence-corrected chi connectivity index (χ1v) is 5.08. The van der Waals surface area contributed by atoms with Crippen molar-refractivity contribution in [2.24, 2.45) is 0 Å². The Morgan fingerprint density at radius 3 is 2.40 bits per heavy atom. The predicted molar refractivity (Wildman–Crippen MR) is 47.0 cm³/mol. The summed E-state index contributed by atoms with van der Waals surface area (Å²) in [5, 5.41) is 0.795. The van der Waals surface area contributed by atoms with Gasteiger partial charge < -0.3 is 0 Å². The van der Waals surface area contributed by atoms with Gasteiger partial charge in [-0.25, -0.2) is 0 Å². The first kappa shape index (κ1) is 7.87. The fraction of sp³-hybridized carbons (Fsp3) is 0. The maximum absolute atomic E-state index is 5.69. The topological polar surface area (TPSA) is 0 Å². The number of benzene rings is 1. The van der Waals surface area contributed by atoms with Crippen molar-refractivity contribution in [3.05, 3.63) is 40.8 Å². The van der Waals surface area contributed by atoms with Gasteiger partial charge in [-0.1, -0.05) is 0 Å². The van der Waals surface area contributed by atoms with Crippen LogP contribution in [0.2, 0.25) is 5.02 Å². The van der Waals surface area contributed by atoms with Gasteiger partial charge in [0, 0.05) is 0 Å². The summed E-state index contributed by atoms with van der Waals surface area (Å²) >= 11 is 6.10. The van der Waals surface area contributed by atoms with E-state index in [0.29, 0.717) is 15.0 Å². The van der Waals surface area contributed by atoms with E-state index in [4.69, 9.17) is 11.6 Å². The van der Waals surface area contributed by atoms with Crippen LogP contribution in [-0.2, 0) is 0 Å². The van der Waals surface area contributed by atoms with Gasteiger partial charge in [-0.2, -0.15) is 0 Å². The zero-order valence-corrected chi connectivity index (χ0v) is 7.85. The van der Waals surface area contributed by atoms with E-state index < -0.39 is 0 Å². The molecule has 0 N–H and O–H groups in total. The van der Waals surface area contributed by atoms with Crippen molar-refractivity contribution in [2.75, 3.05) is 0 Å². The molecular weight excluding hydrogens is 211 g/mol. The van der Waals surface area contributed by atoms with Crippen LogP contribution in [-0.4, -0.2) is 15.0 Å². The van der Waals surface area contributed by atoms with E-state index >= 15 is 0 Å². The Kier molecular flexibility index (Phi) is 3.01. The number of hydrogen-bond donors (Lipinski definition) is 0. The van der Waals surface area contributed by atoms with Crippen LogP contribution in [0.15, 0.2) is 35.8 Å². The minimum atomic E-state index is 0.407. The van der Waals surface area contributed by atoms with Crippen molar-refractivity contribution in [3.8, 4) is 0 Å². The molecule has 0 unspecified atom stereocenters. The monoisotopic (exact) mass is 218 g/mol. The molecule has 2 heteroatoms. The number of rotatable bonds is 2. The summed E-state index contributed by atoms with van der Waals surface area (Å²) in [5.74, 6) is 0. The Bertz CT molecular complexity index is 215. The van der Waals surface area contributed by atoms with E-state index in [0.717, 1.165) is 5.02 Å². The molecule has 52 valence electrons. The number of halogens is 1. The van der Waals surface area contributed by atoms with Crippen LogP contribution in [0.3, 0.4) is 0 Å². The normalized spacial score (nSPS) is 9.30. The molecule has 0 aliphatic rings. The van der Waals surface area contributed by atoms with Gasteiger partial charge in [-0.15, -0.1) is 0 Å². The molecule has 0 aliphatic heterocycles. The van der Waals surface area contributed by atoms with Gasteiger partial charge in [0.15, 0.2) is 0 Å². The fourth-order valence-corrected chi connectivity index (χ4v) is 1.75. The van der Waals surface area contributed by atoms with Crippen LogP contribution in [0.25, 0.3) is 0 Å². The molecule has 0 heterocycles. The van der Waals surface area contributed by atoms with Crippen LogP contribution in [0.1, 0.15) is 0 Å². The molecule has 10 heavy (non-hydrogen) atoms. The van der Waals surface area contributed by atoms with Crippen LogP contribution in [0.5, 0.6) is 0 Å². The molecule has 1 rings (SSSR count). The standard InChI is InChI=1S/C8H7ClSe/c1-2-10-8-5-3-7(9)4-6-8/h2-6H,1H2. The first-order valence-electron chi connectivity index (χ1n) is 2.86. The SMILES string of the molecule is C=C[Se]c1ccc(Cl)cc1. The van der Waals surface area contributed by atoms with Gasteiger partial charge >= 0.3 is 71.9 Å². The average Bonchev–Trinajstić information content (AvgIpc) is 1.95. The van der Waals surface area contributed by atoms with Gasteiger partial charge in [0.25, 0.3) is 0 Å². The second-order valence-electron chi connectivity index (χ2n) is 1.74. The summed E-state index contributed by atoms with van der Waals surface area (Å²) in [7, 11) is 0. The van der Waals surface area contributed by atoms with Crippen molar-refractivity contribution in [1.82, 2.24) is 0 Å². The molecule has 0 saturated carbocycles. The fourth-order valence-electron chi connectivity index (χ4n) is 0.609. The van der Waals surface area contributed by atoms with Crippen molar-refractivity contribution >= 4 is 31.0 Å². The van der Waals surface area contributed by atoms with E-state index in [1.54, 1.807) is 0 Å². The first-order chi connectivity index (χ1) is 4.83. The van der Waals surface area contributed by atoms with Gasteiger partial charge in [0.05, 0.1) is 0 Å². The van der Waals surface area contributed by atoms with E-state index in [2.05, 4.69) is 6.58 Å². The Hall–Kier alpha value is -0.231. The molecule has 0 bridgehead atoms. The van der Waals surface area contributed by atoms with Crippen LogP contribution in [0, 0.1) is 0 Å². The van der Waals surface area contributed by atoms with E-state index in [9.17, 15) is 0 Å². The average molecular weight is 218 g/mol. The zero-order valence-electron chi connectivity index (χ0n) is 5.38. The maximum atomic E-state index is 5.69. The number of hydrogen-bond acceptors (Lipinski definition) is 0. The van der Waals surface area contributed by atoms with E-state index in [1.807, 2.05) is 29.2 Å². The van der Waals surface area contributed by atoms with Crippen molar-refractivity contribution in [3.63, 3.8) is 0 Å². The molecule has 1 aromatic carbocycles. The van der Waals surface area contributed by atoms with Crippen LogP contribution < -0.4 is 4.46 Å². The summed E-state index contributed by atoms with van der Waals surface area (Å²) in [6.07, 6.45) is 0. The summed E-state index contributed by atoms with van der Waals surface area (Å²) in [4.78, 5) is 1.94. The molecule has 0 aliphatic carbocycles. The van der Waals surface area contributed by atoms with Crippen molar-refractivity contribution in [1.29, 1.82) is 0 Å². The zero-order chi connectivity index (χ0) is 7.40. The van der Waals surface area contributed by atoms with Gasteiger partial charge in [-0.05, 0) is 0 Å². The predicted octanol–water partition coefficient (Wildman–Crippen LogP) is 1.81. The van der Waals surface area contributed by atoms with E-state index in [-0.39, 0.29) is 0 Å². The molecule has 0 saturated heterocycles. The summed E-state index contributed by atoms with van der Waals surface area (Å²) in [5.41, 5.74) is 0. The third-order valence-electron chi connectivity index (χ3n) is 1.03. The minimum absolute atomic E-state index is 0.407. The molecule has 0 radical (unpaired) electrons. The molecule has 0 aromatic heterocycles. The van der Waals surface area contributed by atoms with Gasteiger partial charge in [0.2, 0.25) is 0 Å². The third kappa shape index (κ3) is 2.18. The van der Waals surface area contributed by atoms with Gasteiger partial charge in [0.1, 0.15) is 0 Å². The third-order valence-corrected chi connectivity index (χ3v) is 2.78. The van der Waals surface area contributed by atoms with Crippen LogP contribution in [0.4, 0.5) is 0 Å². The second-order valence-corrected chi connectivity index (χ2v) is 4.36. The molecular formula is C8H7ClSe. The van der Waals surface area contributed by atoms with E-state index in [1.165, 1.54) is 4.46 Å². The Balaban J connectivity index is 2.78. The summed E-state index contributed by atoms with van der Waals surface area (Å²) < 4.78 is 1.31. The van der Waals surface area contributed by atoms with Crippen LogP contribution >= 0.6 is 11.6 Å². The Morgan fingerprint density at radius 1 is 1.30 bits per heavy atom. The van der Waals surface area contributed by atoms with Crippen molar-refractivity contribution in [2.45, 2.75) is 0 Å². The summed E-state index contributed by atoms with van der Waals surface area (Å²) in [6, 6.07) is 7.87. The quantitative estimate of drug-likeness (QED) is 0.663. The van der Waals surface area contributed by atoms with Gasteiger partial charge in [-0.3, -0.25) is 0 Å². The Morgan fingerprint density at radius 2 is 1.90 bits per heavy atom. The summed E-state index contributed by atoms with van der Waals surface area (Å²) in [6.45, 7) is 3.67.